The molecule has 0 aromatic heterocycles. The van der Waals surface area contributed by atoms with Crippen LogP contribution in [0.2, 0.25) is 0 Å². The van der Waals surface area contributed by atoms with Crippen molar-refractivity contribution in [3.8, 4) is 5.75 Å². The van der Waals surface area contributed by atoms with Crippen LogP contribution in [0.3, 0.4) is 0 Å². The zero-order valence-corrected chi connectivity index (χ0v) is 8.92. The summed E-state index contributed by atoms with van der Waals surface area (Å²) in [4.78, 5) is 3.36. The van der Waals surface area contributed by atoms with E-state index < -0.39 is 0 Å². The van der Waals surface area contributed by atoms with Crippen LogP contribution < -0.4 is 10.6 Å². The van der Waals surface area contributed by atoms with Gasteiger partial charge < -0.3 is 15.7 Å². The Morgan fingerprint density at radius 2 is 2.36 bits per heavy atom. The lowest BCUT2D eigenvalue weighted by atomic mass is 10.2. The summed E-state index contributed by atoms with van der Waals surface area (Å²) < 4.78 is 0. The van der Waals surface area contributed by atoms with Crippen LogP contribution in [0.4, 0.5) is 5.69 Å². The van der Waals surface area contributed by atoms with Gasteiger partial charge >= 0.3 is 0 Å². The van der Waals surface area contributed by atoms with E-state index >= 15 is 0 Å². The molecule has 0 fully saturated rings. The average Bonchev–Trinajstić information content (AvgIpc) is 2.44. The van der Waals surface area contributed by atoms with Gasteiger partial charge in [0.1, 0.15) is 5.75 Å². The van der Waals surface area contributed by atoms with Gasteiger partial charge in [0.15, 0.2) is 0 Å². The summed E-state index contributed by atoms with van der Waals surface area (Å²) in [5, 5.41) is 9.76. The molecule has 0 amide bonds. The number of fused-ring (bicyclic) bond motifs is 1. The Balaban J connectivity index is 2.26. The van der Waals surface area contributed by atoms with Crippen molar-refractivity contribution in [2.24, 2.45) is 5.73 Å². The molecular weight excluding hydrogens is 196 g/mol. The molecule has 1 unspecified atom stereocenters. The van der Waals surface area contributed by atoms with Crippen molar-refractivity contribution in [3.63, 3.8) is 0 Å². The van der Waals surface area contributed by atoms with Gasteiger partial charge in [0.25, 0.3) is 0 Å². The van der Waals surface area contributed by atoms with Gasteiger partial charge in [0, 0.05) is 11.9 Å². The quantitative estimate of drug-likeness (QED) is 0.778. The lowest BCUT2D eigenvalue weighted by Crippen LogP contribution is -2.26. The number of thioether (sulfide) groups is 1. The fourth-order valence-electron chi connectivity index (χ4n) is 1.66. The predicted molar refractivity (Wildman–Crippen MR) is 59.8 cm³/mol. The van der Waals surface area contributed by atoms with E-state index in [4.69, 9.17) is 5.73 Å². The number of phenolic OH excluding ortho intramolecular Hbond substituents is 1. The molecule has 0 bridgehead atoms. The summed E-state index contributed by atoms with van der Waals surface area (Å²) in [5.74, 6) is 0.332. The largest absolute Gasteiger partial charge is 0.508 e. The number of phenols is 1. The Morgan fingerprint density at radius 1 is 1.57 bits per heavy atom. The first-order valence-electron chi connectivity index (χ1n) is 4.65. The van der Waals surface area contributed by atoms with Gasteiger partial charge in [-0.2, -0.15) is 0 Å². The van der Waals surface area contributed by atoms with Crippen molar-refractivity contribution in [2.75, 3.05) is 18.5 Å². The van der Waals surface area contributed by atoms with Crippen molar-refractivity contribution in [2.45, 2.75) is 16.7 Å². The van der Waals surface area contributed by atoms with Crippen molar-refractivity contribution in [1.29, 1.82) is 0 Å². The molecule has 1 aromatic carbocycles. The first-order chi connectivity index (χ1) is 6.72. The minimum Gasteiger partial charge on any atom is -0.508 e. The van der Waals surface area contributed by atoms with E-state index in [-0.39, 0.29) is 0 Å². The maximum Gasteiger partial charge on any atom is 0.116 e. The minimum atomic E-state index is 0.332. The van der Waals surface area contributed by atoms with E-state index in [9.17, 15) is 5.11 Å². The highest BCUT2D eigenvalue weighted by Crippen LogP contribution is 2.44. The highest BCUT2D eigenvalue weighted by molar-refractivity contribution is 8.00. The number of benzene rings is 1. The molecule has 1 aromatic rings. The second-order valence-corrected chi connectivity index (χ2v) is 4.63. The van der Waals surface area contributed by atoms with Gasteiger partial charge in [-0.1, -0.05) is 11.8 Å². The molecule has 14 heavy (non-hydrogen) atoms. The molecule has 1 heterocycles. The van der Waals surface area contributed by atoms with Crippen molar-refractivity contribution >= 4 is 17.4 Å². The lowest BCUT2D eigenvalue weighted by molar-refractivity contribution is 0.474. The molecule has 2 rings (SSSR count). The van der Waals surface area contributed by atoms with Crippen LogP contribution in [0.1, 0.15) is 6.42 Å². The van der Waals surface area contributed by atoms with Gasteiger partial charge in [-0.25, -0.2) is 0 Å². The van der Waals surface area contributed by atoms with Crippen molar-refractivity contribution < 1.29 is 5.11 Å². The number of aromatic hydroxyl groups is 1. The summed E-state index contributed by atoms with van der Waals surface area (Å²) in [6, 6.07) is 5.49. The molecule has 0 saturated carbocycles. The van der Waals surface area contributed by atoms with E-state index in [1.807, 2.05) is 12.1 Å². The standard InChI is InChI=1S/C10H14N2OS/c1-12-8-3-2-7(13)6-9(8)14-10(12)4-5-11/h2-3,6,10,13H,4-5,11H2,1H3. The second-order valence-electron chi connectivity index (χ2n) is 3.41. The zero-order valence-electron chi connectivity index (χ0n) is 8.10. The molecule has 3 N–H and O–H groups in total. The molecular formula is C10H14N2OS. The van der Waals surface area contributed by atoms with Crippen molar-refractivity contribution in [1.82, 2.24) is 0 Å². The molecule has 0 radical (unpaired) electrons. The van der Waals surface area contributed by atoms with Crippen LogP contribution in [0.25, 0.3) is 0 Å². The molecule has 0 aliphatic carbocycles. The summed E-state index contributed by atoms with van der Waals surface area (Å²) >= 11 is 1.77. The number of hydrogen-bond acceptors (Lipinski definition) is 4. The third kappa shape index (κ3) is 1.55. The van der Waals surface area contributed by atoms with E-state index in [1.165, 1.54) is 5.69 Å². The maximum atomic E-state index is 9.34. The fraction of sp³-hybridized carbons (Fsp3) is 0.400. The second kappa shape index (κ2) is 3.71. The van der Waals surface area contributed by atoms with Crippen molar-refractivity contribution in [3.05, 3.63) is 18.2 Å². The van der Waals surface area contributed by atoms with Crippen LogP contribution in [0, 0.1) is 0 Å². The summed E-state index contributed by atoms with van der Waals surface area (Å²) in [7, 11) is 2.07. The molecule has 3 nitrogen and oxygen atoms in total. The number of hydrogen-bond donors (Lipinski definition) is 2. The average molecular weight is 210 g/mol. The van der Waals surface area contributed by atoms with Crippen LogP contribution in [-0.4, -0.2) is 24.1 Å². The smallest absolute Gasteiger partial charge is 0.116 e. The number of rotatable bonds is 2. The van der Waals surface area contributed by atoms with E-state index in [2.05, 4.69) is 11.9 Å². The highest BCUT2D eigenvalue weighted by atomic mass is 32.2. The first kappa shape index (κ1) is 9.68. The Hall–Kier alpha value is -0.870. The fourth-order valence-corrected chi connectivity index (χ4v) is 3.00. The Labute approximate surface area is 87.9 Å². The number of nitrogens with zero attached hydrogens (tertiary/aromatic N) is 1. The van der Waals surface area contributed by atoms with E-state index in [0.29, 0.717) is 17.7 Å². The Kier molecular flexibility index (Phi) is 2.56. The first-order valence-corrected chi connectivity index (χ1v) is 5.53. The maximum absolute atomic E-state index is 9.34. The topological polar surface area (TPSA) is 49.5 Å². The highest BCUT2D eigenvalue weighted by Gasteiger charge is 2.26. The Morgan fingerprint density at radius 3 is 3.07 bits per heavy atom. The molecule has 0 spiro atoms. The predicted octanol–water partition coefficient (Wildman–Crippen LogP) is 1.61. The van der Waals surface area contributed by atoms with Crippen LogP contribution in [0.5, 0.6) is 5.75 Å². The summed E-state index contributed by atoms with van der Waals surface area (Å²) in [6.45, 7) is 0.696. The third-order valence-electron chi connectivity index (χ3n) is 2.43. The summed E-state index contributed by atoms with van der Waals surface area (Å²) in [5.41, 5.74) is 6.73. The van der Waals surface area contributed by atoms with E-state index in [1.54, 1.807) is 17.8 Å². The van der Waals surface area contributed by atoms with Gasteiger partial charge in [-0.05, 0) is 31.2 Å². The SMILES string of the molecule is CN1c2ccc(O)cc2SC1CCN. The number of nitrogens with two attached hydrogens (primary N) is 1. The Bertz CT molecular complexity index is 343. The molecule has 76 valence electrons. The minimum absolute atomic E-state index is 0.332. The van der Waals surface area contributed by atoms with Crippen LogP contribution in [0.15, 0.2) is 23.1 Å². The van der Waals surface area contributed by atoms with Gasteiger partial charge in [-0.15, -0.1) is 0 Å². The molecule has 1 aliphatic rings. The summed E-state index contributed by atoms with van der Waals surface area (Å²) in [6.07, 6.45) is 0.969. The van der Waals surface area contributed by atoms with E-state index in [0.717, 1.165) is 11.3 Å². The molecule has 1 atom stereocenters. The van der Waals surface area contributed by atoms with Gasteiger partial charge in [0.2, 0.25) is 0 Å². The van der Waals surface area contributed by atoms with Crippen LogP contribution >= 0.6 is 11.8 Å². The van der Waals surface area contributed by atoms with Gasteiger partial charge in [0.05, 0.1) is 11.1 Å². The third-order valence-corrected chi connectivity index (χ3v) is 3.84. The lowest BCUT2D eigenvalue weighted by Gasteiger charge is -2.20. The number of anilines is 1. The normalized spacial score (nSPS) is 19.9. The molecule has 1 aliphatic heterocycles. The van der Waals surface area contributed by atoms with Gasteiger partial charge in [-0.3, -0.25) is 0 Å². The zero-order chi connectivity index (χ0) is 10.1. The molecule has 4 heteroatoms. The monoisotopic (exact) mass is 210 g/mol. The van der Waals surface area contributed by atoms with Crippen LogP contribution in [-0.2, 0) is 0 Å². The molecule has 0 saturated heterocycles.